The number of hydrogen-bond donors (Lipinski definition) is 0. The van der Waals surface area contributed by atoms with Crippen LogP contribution in [0.15, 0.2) is 40.4 Å². The van der Waals surface area contributed by atoms with E-state index in [-0.39, 0.29) is 5.56 Å². The van der Waals surface area contributed by atoms with Crippen molar-refractivity contribution in [2.24, 2.45) is 0 Å². The van der Waals surface area contributed by atoms with Crippen LogP contribution in [0.2, 0.25) is 0 Å². The van der Waals surface area contributed by atoms with E-state index in [9.17, 15) is 18.4 Å². The summed E-state index contributed by atoms with van der Waals surface area (Å²) in [6.07, 6.45) is 5.59. The summed E-state index contributed by atoms with van der Waals surface area (Å²) < 4.78 is 26.4. The van der Waals surface area contributed by atoms with Crippen LogP contribution in [0.4, 0.5) is 8.78 Å². The molecule has 0 amide bonds. The van der Waals surface area contributed by atoms with Crippen LogP contribution in [-0.2, 0) is 4.79 Å². The van der Waals surface area contributed by atoms with E-state index in [1.54, 1.807) is 6.20 Å². The first kappa shape index (κ1) is 16.4. The summed E-state index contributed by atoms with van der Waals surface area (Å²) in [5.74, 6) is -2.09. The minimum atomic E-state index is -0.796. The number of ketones is 1. The Morgan fingerprint density at radius 2 is 1.95 bits per heavy atom. The van der Waals surface area contributed by atoms with Gasteiger partial charge in [0, 0.05) is 30.5 Å². The third-order valence-electron chi connectivity index (χ3n) is 3.06. The third kappa shape index (κ3) is 4.04. The van der Waals surface area contributed by atoms with Gasteiger partial charge >= 0.3 is 0 Å². The van der Waals surface area contributed by atoms with Gasteiger partial charge in [-0.1, -0.05) is 25.1 Å². The van der Waals surface area contributed by atoms with Gasteiger partial charge in [0.2, 0.25) is 0 Å². The molecule has 0 fully saturated rings. The lowest BCUT2D eigenvalue weighted by molar-refractivity contribution is -0.104. The molecule has 1 heterocycles. The van der Waals surface area contributed by atoms with Crippen molar-refractivity contribution >= 4 is 23.8 Å². The average Bonchev–Trinajstić information content (AvgIpc) is 2.86. The molecule has 0 aromatic heterocycles. The summed E-state index contributed by atoms with van der Waals surface area (Å²) >= 11 is 1.17. The zero-order valence-electron chi connectivity index (χ0n) is 12.0. The fourth-order valence-electron chi connectivity index (χ4n) is 1.98. The van der Waals surface area contributed by atoms with Crippen LogP contribution >= 0.6 is 11.8 Å². The van der Waals surface area contributed by atoms with Gasteiger partial charge in [0.15, 0.2) is 12.1 Å². The van der Waals surface area contributed by atoms with Crippen LogP contribution < -0.4 is 0 Å². The Hall–Kier alpha value is -1.95. The van der Waals surface area contributed by atoms with Crippen molar-refractivity contribution in [2.45, 2.75) is 19.8 Å². The average molecular weight is 323 g/mol. The second kappa shape index (κ2) is 7.35. The number of rotatable bonds is 6. The quantitative estimate of drug-likeness (QED) is 0.452. The third-order valence-corrected chi connectivity index (χ3v) is 4.06. The van der Waals surface area contributed by atoms with Crippen molar-refractivity contribution in [3.05, 3.63) is 57.6 Å². The molecule has 0 spiro atoms. The van der Waals surface area contributed by atoms with E-state index in [2.05, 4.69) is 0 Å². The minimum absolute atomic E-state index is 0.0550. The lowest BCUT2D eigenvalue weighted by Gasteiger charge is -2.16. The van der Waals surface area contributed by atoms with Gasteiger partial charge in [-0.05, 0) is 18.6 Å². The molecule has 2 rings (SSSR count). The van der Waals surface area contributed by atoms with Crippen LogP contribution in [0, 0.1) is 11.6 Å². The number of nitrogens with zero attached hydrogens (tertiary/aromatic N) is 1. The summed E-state index contributed by atoms with van der Waals surface area (Å²) in [6, 6.07) is 2.70. The smallest absolute Gasteiger partial charge is 0.188 e. The molecule has 6 heteroatoms. The molecule has 1 aromatic carbocycles. The van der Waals surface area contributed by atoms with Gasteiger partial charge < -0.3 is 4.90 Å². The lowest BCUT2D eigenvalue weighted by Crippen LogP contribution is -2.14. The molecule has 0 unspecified atom stereocenters. The first-order chi connectivity index (χ1) is 10.5. The fourth-order valence-corrected chi connectivity index (χ4v) is 2.88. The molecule has 0 saturated heterocycles. The van der Waals surface area contributed by atoms with Gasteiger partial charge in [0.25, 0.3) is 0 Å². The second-order valence-corrected chi connectivity index (χ2v) is 5.90. The first-order valence-corrected chi connectivity index (χ1v) is 7.68. The fraction of sp³-hybridized carbons (Fsp3) is 0.250. The number of halogens is 2. The van der Waals surface area contributed by atoms with Crippen molar-refractivity contribution < 1.29 is 18.4 Å². The van der Waals surface area contributed by atoms with Crippen LogP contribution in [-0.4, -0.2) is 23.5 Å². The Bertz CT molecular complexity index is 635. The van der Waals surface area contributed by atoms with Crippen molar-refractivity contribution in [2.75, 3.05) is 6.54 Å². The number of carbonyl (C=O) groups excluding carboxylic acids is 2. The van der Waals surface area contributed by atoms with E-state index in [1.807, 2.05) is 11.8 Å². The maximum atomic E-state index is 13.2. The van der Waals surface area contributed by atoms with Gasteiger partial charge in [-0.2, -0.15) is 0 Å². The zero-order valence-corrected chi connectivity index (χ0v) is 12.8. The number of aldehydes is 1. The predicted molar refractivity (Wildman–Crippen MR) is 82.1 cm³/mol. The number of hydrogen-bond acceptors (Lipinski definition) is 4. The first-order valence-electron chi connectivity index (χ1n) is 6.87. The highest BCUT2D eigenvalue weighted by Gasteiger charge is 2.20. The van der Waals surface area contributed by atoms with Crippen molar-refractivity contribution in [3.8, 4) is 0 Å². The van der Waals surface area contributed by atoms with E-state index in [0.29, 0.717) is 22.5 Å². The minimum Gasteiger partial charge on any atom is -0.341 e. The maximum absolute atomic E-state index is 13.2. The van der Waals surface area contributed by atoms with E-state index >= 15 is 0 Å². The predicted octanol–water partition coefficient (Wildman–Crippen LogP) is 3.88. The molecule has 3 nitrogen and oxygen atoms in total. The molecule has 0 aliphatic carbocycles. The van der Waals surface area contributed by atoms with Gasteiger partial charge in [0.1, 0.15) is 11.6 Å². The second-order valence-electron chi connectivity index (χ2n) is 4.80. The molecule has 0 saturated carbocycles. The summed E-state index contributed by atoms with van der Waals surface area (Å²) in [7, 11) is 0. The van der Waals surface area contributed by atoms with E-state index in [1.165, 1.54) is 17.8 Å². The molecular weight excluding hydrogens is 308 g/mol. The van der Waals surface area contributed by atoms with Crippen LogP contribution in [0.25, 0.3) is 0 Å². The largest absolute Gasteiger partial charge is 0.341 e. The maximum Gasteiger partial charge on any atom is 0.188 e. The molecule has 0 N–H and O–H groups in total. The highest BCUT2D eigenvalue weighted by molar-refractivity contribution is 8.07. The van der Waals surface area contributed by atoms with E-state index in [0.717, 1.165) is 31.3 Å². The van der Waals surface area contributed by atoms with Gasteiger partial charge in [-0.3, -0.25) is 9.59 Å². The monoisotopic (exact) mass is 323 g/mol. The Morgan fingerprint density at radius 3 is 2.55 bits per heavy atom. The molecule has 0 atom stereocenters. The SMILES string of the molecule is CCCCN1C=C(C=O)SC1=CC(=O)c1cc(F)cc(F)c1. The molecule has 0 radical (unpaired) electrons. The Kier molecular flexibility index (Phi) is 5.49. The van der Waals surface area contributed by atoms with Crippen LogP contribution in [0.5, 0.6) is 0 Å². The number of carbonyl (C=O) groups is 2. The molecule has 22 heavy (non-hydrogen) atoms. The van der Waals surface area contributed by atoms with Crippen LogP contribution in [0.1, 0.15) is 30.1 Å². The highest BCUT2D eigenvalue weighted by atomic mass is 32.2. The van der Waals surface area contributed by atoms with Gasteiger partial charge in [-0.25, -0.2) is 8.78 Å². The van der Waals surface area contributed by atoms with Gasteiger partial charge in [0.05, 0.1) is 9.93 Å². The highest BCUT2D eigenvalue weighted by Crippen LogP contribution is 2.35. The summed E-state index contributed by atoms with van der Waals surface area (Å²) in [5.41, 5.74) is -0.0550. The lowest BCUT2D eigenvalue weighted by atomic mass is 10.1. The number of allylic oxidation sites excluding steroid dienone is 2. The Morgan fingerprint density at radius 1 is 1.27 bits per heavy atom. The number of unbranched alkanes of at least 4 members (excludes halogenated alkanes) is 1. The summed E-state index contributed by atoms with van der Waals surface area (Å²) in [5, 5.41) is 0.588. The van der Waals surface area contributed by atoms with Crippen molar-refractivity contribution in [1.82, 2.24) is 4.90 Å². The number of thioether (sulfide) groups is 1. The topological polar surface area (TPSA) is 37.4 Å². The van der Waals surface area contributed by atoms with Crippen molar-refractivity contribution in [3.63, 3.8) is 0 Å². The Labute approximate surface area is 131 Å². The molecular formula is C16H15F2NO2S. The molecule has 0 bridgehead atoms. The van der Waals surface area contributed by atoms with Crippen molar-refractivity contribution in [1.29, 1.82) is 0 Å². The van der Waals surface area contributed by atoms with Gasteiger partial charge in [-0.15, -0.1) is 0 Å². The summed E-state index contributed by atoms with van der Waals surface area (Å²) in [6.45, 7) is 2.72. The van der Waals surface area contributed by atoms with Crippen LogP contribution in [0.3, 0.4) is 0 Å². The summed E-state index contributed by atoms with van der Waals surface area (Å²) in [4.78, 5) is 25.4. The zero-order chi connectivity index (χ0) is 16.1. The standard InChI is InChI=1S/C16H15F2NO2S/c1-2-3-4-19-9-14(10-20)22-16(19)8-15(21)11-5-12(17)7-13(18)6-11/h5-10H,2-4H2,1H3. The molecule has 116 valence electrons. The van der Waals surface area contributed by atoms with E-state index in [4.69, 9.17) is 0 Å². The normalized spacial score (nSPS) is 16.0. The Balaban J connectivity index is 2.22. The molecule has 1 aliphatic heterocycles. The number of benzene rings is 1. The molecule has 1 aromatic rings. The molecule has 1 aliphatic rings. The van der Waals surface area contributed by atoms with E-state index < -0.39 is 17.4 Å².